The zero-order valence-electron chi connectivity index (χ0n) is 13.1. The lowest BCUT2D eigenvalue weighted by molar-refractivity contribution is -0.141. The number of aryl methyl sites for hydroxylation is 1. The summed E-state index contributed by atoms with van der Waals surface area (Å²) in [5.41, 5.74) is 0.939. The second-order valence-corrected chi connectivity index (χ2v) is 6.90. The van der Waals surface area contributed by atoms with E-state index in [0.717, 1.165) is 0 Å². The summed E-state index contributed by atoms with van der Waals surface area (Å²) in [4.78, 5) is 25.5. The lowest BCUT2D eigenvalue weighted by Gasteiger charge is -2.24. The summed E-state index contributed by atoms with van der Waals surface area (Å²) in [6, 6.07) is 5.24. The number of carboxylic acids is 1. The molecule has 1 fully saturated rings. The van der Waals surface area contributed by atoms with Crippen molar-refractivity contribution in [1.82, 2.24) is 14.7 Å². The second kappa shape index (κ2) is 6.27. The first-order valence-electron chi connectivity index (χ1n) is 7.38. The maximum Gasteiger partial charge on any atom is 0.327 e. The molecule has 3 rings (SSSR count). The molecule has 0 bridgehead atoms. The molecule has 8 heteroatoms. The van der Waals surface area contributed by atoms with E-state index < -0.39 is 23.7 Å². The van der Waals surface area contributed by atoms with Gasteiger partial charge in [0.15, 0.2) is 5.69 Å². The van der Waals surface area contributed by atoms with Crippen molar-refractivity contribution in [2.75, 3.05) is 5.75 Å². The zero-order chi connectivity index (χ0) is 17.4. The number of aliphatic carboxylic acids is 1. The molecule has 0 saturated carbocycles. The van der Waals surface area contributed by atoms with Crippen molar-refractivity contribution < 1.29 is 19.1 Å². The zero-order valence-corrected chi connectivity index (χ0v) is 14.0. The molecule has 1 N–H and O–H groups in total. The highest BCUT2D eigenvalue weighted by molar-refractivity contribution is 8.00. The monoisotopic (exact) mass is 349 g/mol. The van der Waals surface area contributed by atoms with Gasteiger partial charge in [-0.15, -0.1) is 11.8 Å². The molecule has 1 aromatic heterocycles. The van der Waals surface area contributed by atoms with E-state index in [1.807, 2.05) is 0 Å². The van der Waals surface area contributed by atoms with Crippen LogP contribution in [0.2, 0.25) is 0 Å². The number of para-hydroxylation sites is 1. The molecule has 2 unspecified atom stereocenters. The summed E-state index contributed by atoms with van der Waals surface area (Å²) in [5.74, 6) is -1.60. The van der Waals surface area contributed by atoms with Crippen LogP contribution in [0.15, 0.2) is 30.5 Å². The van der Waals surface area contributed by atoms with Gasteiger partial charge >= 0.3 is 5.97 Å². The molecule has 0 spiro atoms. The second-order valence-electron chi connectivity index (χ2n) is 5.56. The summed E-state index contributed by atoms with van der Waals surface area (Å²) in [5, 5.41) is 13.2. The number of carbonyl (C=O) groups excluding carboxylic acids is 1. The largest absolute Gasteiger partial charge is 0.480 e. The van der Waals surface area contributed by atoms with Crippen molar-refractivity contribution in [3.8, 4) is 5.69 Å². The van der Waals surface area contributed by atoms with Gasteiger partial charge in [-0.25, -0.2) is 13.9 Å². The minimum atomic E-state index is -1.04. The van der Waals surface area contributed by atoms with E-state index in [1.165, 1.54) is 27.4 Å². The van der Waals surface area contributed by atoms with E-state index in [2.05, 4.69) is 5.10 Å². The third-order valence-corrected chi connectivity index (χ3v) is 5.16. The van der Waals surface area contributed by atoms with Crippen molar-refractivity contribution in [3.63, 3.8) is 0 Å². The number of carbonyl (C=O) groups is 2. The number of carboxylic acid groups (broad SMARTS) is 1. The standard InChI is InChI=1S/C16H16FN3O3S/c1-9-7-19(12-6-4-3-5-11(12)17)18-14(9)15(21)20-10(2)24-8-13(20)16(22)23/h3-7,10,13H,8H2,1-2H3,(H,22,23). The molecule has 1 aliphatic rings. The number of benzene rings is 1. The Morgan fingerprint density at radius 3 is 2.75 bits per heavy atom. The quantitative estimate of drug-likeness (QED) is 0.920. The average molecular weight is 349 g/mol. The predicted octanol–water partition coefficient (Wildman–Crippen LogP) is 2.31. The molecule has 24 heavy (non-hydrogen) atoms. The minimum absolute atomic E-state index is 0.138. The Hall–Kier alpha value is -2.35. The summed E-state index contributed by atoms with van der Waals surface area (Å²) in [6.45, 7) is 3.48. The molecule has 0 aliphatic carbocycles. The van der Waals surface area contributed by atoms with E-state index >= 15 is 0 Å². The molecule has 1 saturated heterocycles. The van der Waals surface area contributed by atoms with Crippen LogP contribution >= 0.6 is 11.8 Å². The van der Waals surface area contributed by atoms with Crippen molar-refractivity contribution in [2.45, 2.75) is 25.3 Å². The summed E-state index contributed by atoms with van der Waals surface area (Å²) in [6.07, 6.45) is 1.56. The number of halogens is 1. The lowest BCUT2D eigenvalue weighted by Crippen LogP contribution is -2.45. The fourth-order valence-corrected chi connectivity index (χ4v) is 3.86. The first-order valence-corrected chi connectivity index (χ1v) is 8.43. The average Bonchev–Trinajstić information content (AvgIpc) is 3.10. The van der Waals surface area contributed by atoms with Gasteiger partial charge in [0.2, 0.25) is 0 Å². The van der Waals surface area contributed by atoms with Crippen molar-refractivity contribution in [1.29, 1.82) is 0 Å². The van der Waals surface area contributed by atoms with Crippen molar-refractivity contribution >= 4 is 23.6 Å². The molecule has 2 heterocycles. The van der Waals surface area contributed by atoms with Crippen LogP contribution in [0.4, 0.5) is 4.39 Å². The maximum atomic E-state index is 13.9. The van der Waals surface area contributed by atoms with Gasteiger partial charge in [0.05, 0.1) is 5.37 Å². The molecule has 2 aromatic rings. The van der Waals surface area contributed by atoms with Crippen molar-refractivity contribution in [3.05, 3.63) is 47.5 Å². The van der Waals surface area contributed by atoms with Gasteiger partial charge in [-0.1, -0.05) is 12.1 Å². The number of hydrogen-bond donors (Lipinski definition) is 1. The maximum absolute atomic E-state index is 13.9. The number of thioether (sulfide) groups is 1. The number of rotatable bonds is 3. The topological polar surface area (TPSA) is 75.4 Å². The third-order valence-electron chi connectivity index (χ3n) is 3.94. The highest BCUT2D eigenvalue weighted by Gasteiger charge is 2.41. The molecule has 126 valence electrons. The Balaban J connectivity index is 1.97. The van der Waals surface area contributed by atoms with E-state index in [-0.39, 0.29) is 16.8 Å². The molecular weight excluding hydrogens is 333 g/mol. The highest BCUT2D eigenvalue weighted by atomic mass is 32.2. The summed E-state index contributed by atoms with van der Waals surface area (Å²) >= 11 is 1.41. The van der Waals surface area contributed by atoms with Crippen LogP contribution in [-0.2, 0) is 4.79 Å². The Bertz CT molecular complexity index is 808. The van der Waals surface area contributed by atoms with Crippen LogP contribution in [0, 0.1) is 12.7 Å². The van der Waals surface area contributed by atoms with Crippen LogP contribution in [-0.4, -0.2) is 48.8 Å². The van der Waals surface area contributed by atoms with E-state index in [9.17, 15) is 19.1 Å². The summed E-state index contributed by atoms with van der Waals surface area (Å²) in [7, 11) is 0. The van der Waals surface area contributed by atoms with Gasteiger partial charge in [0.1, 0.15) is 17.5 Å². The Kier molecular flexibility index (Phi) is 4.31. The molecule has 0 radical (unpaired) electrons. The summed E-state index contributed by atoms with van der Waals surface area (Å²) < 4.78 is 15.2. The molecule has 2 atom stereocenters. The SMILES string of the molecule is Cc1cn(-c2ccccc2F)nc1C(=O)N1C(C)SCC1C(=O)O. The van der Waals surface area contributed by atoms with Crippen LogP contribution in [0.3, 0.4) is 0 Å². The van der Waals surface area contributed by atoms with E-state index in [0.29, 0.717) is 11.3 Å². The lowest BCUT2D eigenvalue weighted by atomic mass is 10.2. The van der Waals surface area contributed by atoms with Gasteiger partial charge in [-0.3, -0.25) is 4.79 Å². The van der Waals surface area contributed by atoms with Gasteiger partial charge in [-0.05, 0) is 26.0 Å². The minimum Gasteiger partial charge on any atom is -0.480 e. The van der Waals surface area contributed by atoms with Crippen LogP contribution in [0.5, 0.6) is 0 Å². The van der Waals surface area contributed by atoms with E-state index in [1.54, 1.807) is 38.2 Å². The smallest absolute Gasteiger partial charge is 0.327 e. The number of aromatic nitrogens is 2. The van der Waals surface area contributed by atoms with Gasteiger partial charge in [0, 0.05) is 17.5 Å². The Morgan fingerprint density at radius 2 is 2.08 bits per heavy atom. The predicted molar refractivity (Wildman–Crippen MR) is 87.8 cm³/mol. The third kappa shape index (κ3) is 2.77. The number of hydrogen-bond acceptors (Lipinski definition) is 4. The Morgan fingerprint density at radius 1 is 1.38 bits per heavy atom. The fraction of sp³-hybridized carbons (Fsp3) is 0.312. The Labute approximate surface area is 142 Å². The first-order chi connectivity index (χ1) is 11.4. The molecular formula is C16H16FN3O3S. The normalized spacial score (nSPS) is 20.4. The molecule has 6 nitrogen and oxygen atoms in total. The van der Waals surface area contributed by atoms with Gasteiger partial charge in [-0.2, -0.15) is 5.10 Å². The van der Waals surface area contributed by atoms with Crippen LogP contribution in [0.25, 0.3) is 5.69 Å². The van der Waals surface area contributed by atoms with Crippen molar-refractivity contribution in [2.24, 2.45) is 0 Å². The molecule has 1 aromatic carbocycles. The first kappa shape index (κ1) is 16.5. The molecule has 1 amide bonds. The van der Waals surface area contributed by atoms with E-state index in [4.69, 9.17) is 0 Å². The number of nitrogens with zero attached hydrogens (tertiary/aromatic N) is 3. The van der Waals surface area contributed by atoms with Gasteiger partial charge in [0.25, 0.3) is 5.91 Å². The highest BCUT2D eigenvalue weighted by Crippen LogP contribution is 2.30. The fourth-order valence-electron chi connectivity index (χ4n) is 2.70. The van der Waals surface area contributed by atoms with Crippen LogP contribution in [0.1, 0.15) is 23.0 Å². The van der Waals surface area contributed by atoms with Crippen LogP contribution < -0.4 is 0 Å². The molecule has 1 aliphatic heterocycles. The van der Waals surface area contributed by atoms with Gasteiger partial charge < -0.3 is 10.0 Å². The number of amides is 1.